The molecule has 13 heteroatoms. The van der Waals surface area contributed by atoms with Gasteiger partial charge in [0.1, 0.15) is 6.10 Å². The number of aliphatic hydroxyl groups excluding tert-OH is 4. The Labute approximate surface area is 236 Å². The van der Waals surface area contributed by atoms with Crippen LogP contribution in [0.15, 0.2) is 11.5 Å². The minimum absolute atomic E-state index is 0. The van der Waals surface area contributed by atoms with Crippen molar-refractivity contribution in [1.82, 2.24) is 0 Å². The number of carbonyl (C=O) groups is 1. The molecule has 0 amide bonds. The van der Waals surface area contributed by atoms with Gasteiger partial charge in [0, 0.05) is 0 Å². The molecule has 1 heterocycles. The molecule has 0 saturated heterocycles. The van der Waals surface area contributed by atoms with Gasteiger partial charge in [0.05, 0.1) is 6.61 Å². The summed E-state index contributed by atoms with van der Waals surface area (Å²) in [5.41, 5.74) is 0. The van der Waals surface area contributed by atoms with Crippen molar-refractivity contribution >= 4 is 13.3 Å². The molecule has 0 radical (unpaired) electrons. The molecule has 0 aromatic heterocycles. The number of carbonyl (C=O) groups excluding carboxylic acids is 1. The van der Waals surface area contributed by atoms with Crippen LogP contribution in [0.5, 0.6) is 0 Å². The summed E-state index contributed by atoms with van der Waals surface area (Å²) in [6, 6.07) is 0. The average Bonchev–Trinajstić information content (AvgIpc) is 2.44. The van der Waals surface area contributed by atoms with Gasteiger partial charge in [-0.05, 0) is 0 Å². The Morgan fingerprint density at radius 1 is 1.21 bits per heavy atom. The smallest absolute Gasteiger partial charge is 0.907 e. The van der Waals surface area contributed by atoms with Gasteiger partial charge in [0.15, 0.2) is 11.9 Å². The van der Waals surface area contributed by atoms with E-state index in [4.69, 9.17) is 35.5 Å². The van der Waals surface area contributed by atoms with E-state index >= 15 is 0 Å². The molecule has 1 rings (SSSR count). The second-order valence-electron chi connectivity index (χ2n) is 2.60. The van der Waals surface area contributed by atoms with Crippen LogP contribution in [0.25, 0.3) is 0 Å². The Balaban J connectivity index is -0.000000144. The van der Waals surface area contributed by atoms with Crippen LogP contribution in [0.3, 0.4) is 0 Å². The van der Waals surface area contributed by atoms with Gasteiger partial charge in [-0.2, -0.15) is 0 Å². The van der Waals surface area contributed by atoms with Crippen molar-refractivity contribution in [3.8, 4) is 0 Å². The molecule has 1 aliphatic rings. The molecule has 0 spiro atoms. The third-order valence-electron chi connectivity index (χ3n) is 1.48. The summed E-state index contributed by atoms with van der Waals surface area (Å²) in [5, 5.41) is 60.3. The Morgan fingerprint density at radius 2 is 1.58 bits per heavy atom. The average molecular weight is 352 g/mol. The summed E-state index contributed by atoms with van der Waals surface area (Å²) in [7, 11) is -2.92. The largest absolute Gasteiger partial charge is 1.00 e. The molecule has 0 aliphatic carbocycles. The molecule has 1 aliphatic heterocycles. The van der Waals surface area contributed by atoms with E-state index in [2.05, 4.69) is 4.74 Å². The van der Waals surface area contributed by atoms with Crippen LogP contribution < -0.4 is 169 Å². The van der Waals surface area contributed by atoms with E-state index in [1.54, 1.807) is 0 Å². The van der Waals surface area contributed by atoms with Gasteiger partial charge < -0.3 is 40.2 Å². The van der Waals surface area contributed by atoms with E-state index in [9.17, 15) is 4.79 Å². The predicted molar refractivity (Wildman–Crippen MR) is 41.0 cm³/mol. The zero-order valence-electron chi connectivity index (χ0n) is 10.8. The SMILES string of the molecule is O=C1O[C@H]([C@@H](O)CO)C(O)=C1O.[K+].[K+].[K+].[O-]B([O-])[O-]. The molecule has 92 valence electrons. The molecular formula is C6H8BK3O9. The quantitative estimate of drug-likeness (QED) is 0.277. The van der Waals surface area contributed by atoms with E-state index in [-0.39, 0.29) is 154 Å². The van der Waals surface area contributed by atoms with Gasteiger partial charge in [-0.25, -0.2) is 4.79 Å². The molecule has 0 unspecified atom stereocenters. The van der Waals surface area contributed by atoms with Crippen molar-refractivity contribution in [2.75, 3.05) is 6.61 Å². The topological polar surface area (TPSA) is 176 Å². The molecule has 4 N–H and O–H groups in total. The summed E-state index contributed by atoms with van der Waals surface area (Å²) >= 11 is 0. The Morgan fingerprint density at radius 3 is 1.79 bits per heavy atom. The monoisotopic (exact) mass is 352 g/mol. The molecule has 0 aromatic rings. The molecular weight excluding hydrogens is 344 g/mol. The van der Waals surface area contributed by atoms with Crippen LogP contribution in [0.1, 0.15) is 0 Å². The maximum absolute atomic E-state index is 10.5. The van der Waals surface area contributed by atoms with E-state index in [0.29, 0.717) is 0 Å². The van der Waals surface area contributed by atoms with Crippen molar-refractivity contribution < 1.29 is 199 Å². The molecule has 9 nitrogen and oxygen atoms in total. The maximum Gasteiger partial charge on any atom is 1.00 e. The van der Waals surface area contributed by atoms with Gasteiger partial charge in [-0.1, -0.05) is 0 Å². The minimum Gasteiger partial charge on any atom is -0.907 e. The van der Waals surface area contributed by atoms with Gasteiger partial charge in [0.2, 0.25) is 5.76 Å². The first-order chi connectivity index (χ1) is 7.31. The molecule has 0 bridgehead atoms. The molecule has 2 atom stereocenters. The van der Waals surface area contributed by atoms with Gasteiger partial charge in [-0.3, -0.25) is 7.32 Å². The molecule has 0 aromatic carbocycles. The number of rotatable bonds is 2. The van der Waals surface area contributed by atoms with Crippen molar-refractivity contribution in [2.45, 2.75) is 12.2 Å². The Kier molecular flexibility index (Phi) is 26.4. The summed E-state index contributed by atoms with van der Waals surface area (Å²) in [4.78, 5) is 10.5. The van der Waals surface area contributed by atoms with Gasteiger partial charge in [0.25, 0.3) is 0 Å². The first kappa shape index (κ1) is 30.5. The zero-order chi connectivity index (χ0) is 12.9. The normalized spacial score (nSPS) is 17.7. The van der Waals surface area contributed by atoms with Crippen LogP contribution in [0, 0.1) is 0 Å². The molecule has 0 fully saturated rings. The number of hydrogen-bond acceptors (Lipinski definition) is 9. The van der Waals surface area contributed by atoms with E-state index < -0.39 is 43.6 Å². The fourth-order valence-electron chi connectivity index (χ4n) is 0.823. The Hall–Kier alpha value is 3.58. The summed E-state index contributed by atoms with van der Waals surface area (Å²) in [6.07, 6.45) is -2.78. The number of aliphatic hydroxyl groups is 4. The van der Waals surface area contributed by atoms with Crippen LogP contribution in [-0.2, 0) is 9.53 Å². The maximum atomic E-state index is 10.5. The fourth-order valence-corrected chi connectivity index (χ4v) is 0.823. The summed E-state index contributed by atoms with van der Waals surface area (Å²) in [5.74, 6) is -2.78. The van der Waals surface area contributed by atoms with Crippen molar-refractivity contribution in [2.24, 2.45) is 0 Å². The standard InChI is InChI=1S/C6H8O6.BO3.3K/c7-1-2(8)5-3(9)4(10)6(11)12-5;2-1(3)4;;;/h2,5,7-10H,1H2;;;;/q;-3;3*+1/t2-,5+;;;;/m0..../s1. The Bertz CT molecular complexity index is 284. The second-order valence-corrected chi connectivity index (χ2v) is 2.60. The molecule has 0 saturated carbocycles. The number of ether oxygens (including phenoxy) is 1. The minimum atomic E-state index is -2.92. The van der Waals surface area contributed by atoms with Gasteiger partial charge >= 0.3 is 160 Å². The summed E-state index contributed by atoms with van der Waals surface area (Å²) in [6.45, 7) is -0.671. The van der Waals surface area contributed by atoms with E-state index in [1.165, 1.54) is 0 Å². The van der Waals surface area contributed by atoms with Crippen LogP contribution >= 0.6 is 0 Å². The molecule has 19 heavy (non-hydrogen) atoms. The van der Waals surface area contributed by atoms with E-state index in [0.717, 1.165) is 0 Å². The van der Waals surface area contributed by atoms with Crippen LogP contribution in [0.4, 0.5) is 0 Å². The second kappa shape index (κ2) is 16.4. The first-order valence-corrected chi connectivity index (χ1v) is 3.90. The number of esters is 1. The number of hydrogen-bond donors (Lipinski definition) is 4. The first-order valence-electron chi connectivity index (χ1n) is 3.90. The third-order valence-corrected chi connectivity index (χ3v) is 1.48. The van der Waals surface area contributed by atoms with Crippen molar-refractivity contribution in [3.05, 3.63) is 11.5 Å². The van der Waals surface area contributed by atoms with Crippen molar-refractivity contribution in [3.63, 3.8) is 0 Å². The summed E-state index contributed by atoms with van der Waals surface area (Å²) < 4.78 is 4.32. The van der Waals surface area contributed by atoms with Crippen LogP contribution in [-0.4, -0.2) is 52.5 Å². The number of cyclic esters (lactones) is 1. The van der Waals surface area contributed by atoms with Crippen LogP contribution in [0.2, 0.25) is 0 Å². The zero-order valence-corrected chi connectivity index (χ0v) is 20.1. The third kappa shape index (κ3) is 12.6. The predicted octanol–water partition coefficient (Wildman–Crippen LogP) is -14.3. The fraction of sp³-hybridized carbons (Fsp3) is 0.500. The van der Waals surface area contributed by atoms with Crippen molar-refractivity contribution in [1.29, 1.82) is 0 Å². The van der Waals surface area contributed by atoms with E-state index in [1.807, 2.05) is 0 Å². The van der Waals surface area contributed by atoms with Gasteiger partial charge in [-0.15, -0.1) is 0 Å².